The van der Waals surface area contributed by atoms with Gasteiger partial charge in [0.2, 0.25) is 0 Å². The second kappa shape index (κ2) is 9.98. The molecule has 0 aliphatic carbocycles. The first-order valence-corrected chi connectivity index (χ1v) is 7.01. The number of carbonyl (C=O) groups excluding carboxylic acids is 3. The number of carbonyl (C=O) groups is 3. The molecule has 0 radical (unpaired) electrons. The molecule has 0 amide bonds. The Hall–Kier alpha value is -0.990. The second-order valence-electron chi connectivity index (χ2n) is 5.06. The lowest BCUT2D eigenvalue weighted by molar-refractivity contribution is -0.133. The number of hydrogen-bond donors (Lipinski definition) is 0. The molecule has 104 valence electrons. The predicted molar refractivity (Wildman–Crippen MR) is 72.5 cm³/mol. The topological polar surface area (TPSA) is 51.2 Å². The molecule has 0 aliphatic rings. The van der Waals surface area contributed by atoms with E-state index in [4.69, 9.17) is 0 Å². The number of rotatable bonds is 11. The standard InChI is InChI=1S/C15H26O3/c1-4-5-6-7-8-9-10-14(13(3)17)15(18)11-12(2)16/h14H,4-11H2,1-3H3. The number of Topliss-reactive ketones (excluding diaryl/α,β-unsaturated/α-hetero) is 3. The molecule has 0 aliphatic heterocycles. The maximum atomic E-state index is 11.7. The molecule has 0 rings (SSSR count). The quantitative estimate of drug-likeness (QED) is 0.419. The van der Waals surface area contributed by atoms with Crippen LogP contribution in [-0.4, -0.2) is 17.3 Å². The van der Waals surface area contributed by atoms with E-state index >= 15 is 0 Å². The normalized spacial score (nSPS) is 12.2. The molecule has 1 unspecified atom stereocenters. The number of hydrogen-bond acceptors (Lipinski definition) is 3. The van der Waals surface area contributed by atoms with Crippen molar-refractivity contribution in [2.24, 2.45) is 5.92 Å². The van der Waals surface area contributed by atoms with Crippen molar-refractivity contribution in [3.8, 4) is 0 Å². The van der Waals surface area contributed by atoms with Gasteiger partial charge in [-0.2, -0.15) is 0 Å². The van der Waals surface area contributed by atoms with Crippen LogP contribution in [0.25, 0.3) is 0 Å². The van der Waals surface area contributed by atoms with Crippen LogP contribution in [0.3, 0.4) is 0 Å². The SMILES string of the molecule is CCCCCCCCC(C(C)=O)C(=O)CC(C)=O. The minimum atomic E-state index is -0.555. The lowest BCUT2D eigenvalue weighted by Gasteiger charge is -2.11. The van der Waals surface area contributed by atoms with Gasteiger partial charge in [-0.15, -0.1) is 0 Å². The van der Waals surface area contributed by atoms with E-state index in [2.05, 4.69) is 6.92 Å². The molecule has 0 saturated carbocycles. The zero-order valence-corrected chi connectivity index (χ0v) is 12.0. The zero-order valence-electron chi connectivity index (χ0n) is 12.0. The Balaban J connectivity index is 3.94. The van der Waals surface area contributed by atoms with Gasteiger partial charge in [-0.05, 0) is 20.3 Å². The molecule has 0 N–H and O–H groups in total. The summed E-state index contributed by atoms with van der Waals surface area (Å²) < 4.78 is 0. The van der Waals surface area contributed by atoms with E-state index in [9.17, 15) is 14.4 Å². The molecule has 18 heavy (non-hydrogen) atoms. The summed E-state index contributed by atoms with van der Waals surface area (Å²) in [4.78, 5) is 34.0. The Morgan fingerprint density at radius 2 is 1.44 bits per heavy atom. The molecular weight excluding hydrogens is 228 g/mol. The van der Waals surface area contributed by atoms with Gasteiger partial charge in [0, 0.05) is 0 Å². The highest BCUT2D eigenvalue weighted by atomic mass is 16.2. The third-order valence-corrected chi connectivity index (χ3v) is 3.15. The fraction of sp³-hybridized carbons (Fsp3) is 0.800. The van der Waals surface area contributed by atoms with Gasteiger partial charge < -0.3 is 0 Å². The van der Waals surface area contributed by atoms with Gasteiger partial charge in [0.1, 0.15) is 11.6 Å². The lowest BCUT2D eigenvalue weighted by atomic mass is 9.90. The van der Waals surface area contributed by atoms with Crippen molar-refractivity contribution in [1.82, 2.24) is 0 Å². The maximum Gasteiger partial charge on any atom is 0.150 e. The van der Waals surface area contributed by atoms with E-state index in [0.29, 0.717) is 6.42 Å². The van der Waals surface area contributed by atoms with Crippen molar-refractivity contribution in [3.05, 3.63) is 0 Å². The Morgan fingerprint density at radius 3 is 1.94 bits per heavy atom. The Kier molecular flexibility index (Phi) is 9.43. The van der Waals surface area contributed by atoms with E-state index in [1.54, 1.807) is 0 Å². The van der Waals surface area contributed by atoms with Crippen LogP contribution in [0.5, 0.6) is 0 Å². The van der Waals surface area contributed by atoms with Gasteiger partial charge >= 0.3 is 0 Å². The molecule has 3 nitrogen and oxygen atoms in total. The van der Waals surface area contributed by atoms with E-state index < -0.39 is 5.92 Å². The van der Waals surface area contributed by atoms with Crippen LogP contribution in [0.1, 0.15) is 72.1 Å². The van der Waals surface area contributed by atoms with Crippen molar-refractivity contribution in [1.29, 1.82) is 0 Å². The Morgan fingerprint density at radius 1 is 0.889 bits per heavy atom. The third-order valence-electron chi connectivity index (χ3n) is 3.15. The first kappa shape index (κ1) is 17.0. The maximum absolute atomic E-state index is 11.7. The monoisotopic (exact) mass is 254 g/mol. The average Bonchev–Trinajstić information content (AvgIpc) is 2.26. The van der Waals surface area contributed by atoms with Crippen LogP contribution >= 0.6 is 0 Å². The molecule has 0 heterocycles. The summed E-state index contributed by atoms with van der Waals surface area (Å²) in [5, 5.41) is 0. The first-order chi connectivity index (χ1) is 8.49. The van der Waals surface area contributed by atoms with Gasteiger partial charge in [0.15, 0.2) is 5.78 Å². The fourth-order valence-corrected chi connectivity index (χ4v) is 2.09. The van der Waals surface area contributed by atoms with Crippen LogP contribution in [0, 0.1) is 5.92 Å². The minimum Gasteiger partial charge on any atom is -0.300 e. The van der Waals surface area contributed by atoms with Crippen molar-refractivity contribution in [3.63, 3.8) is 0 Å². The molecule has 0 fully saturated rings. The van der Waals surface area contributed by atoms with E-state index in [1.807, 2.05) is 0 Å². The fourth-order valence-electron chi connectivity index (χ4n) is 2.09. The highest BCUT2D eigenvalue weighted by Crippen LogP contribution is 2.15. The summed E-state index contributed by atoms with van der Waals surface area (Å²) in [6.45, 7) is 5.01. The summed E-state index contributed by atoms with van der Waals surface area (Å²) in [7, 11) is 0. The van der Waals surface area contributed by atoms with Crippen LogP contribution in [-0.2, 0) is 14.4 Å². The largest absolute Gasteiger partial charge is 0.300 e. The van der Waals surface area contributed by atoms with E-state index in [0.717, 1.165) is 12.8 Å². The minimum absolute atomic E-state index is 0.0971. The summed E-state index contributed by atoms with van der Waals surface area (Å²) in [6.07, 6.45) is 7.33. The van der Waals surface area contributed by atoms with Gasteiger partial charge in [-0.25, -0.2) is 0 Å². The van der Waals surface area contributed by atoms with Crippen molar-refractivity contribution < 1.29 is 14.4 Å². The van der Waals surface area contributed by atoms with Crippen LogP contribution < -0.4 is 0 Å². The molecule has 0 saturated heterocycles. The molecular formula is C15H26O3. The van der Waals surface area contributed by atoms with Gasteiger partial charge in [-0.1, -0.05) is 45.4 Å². The van der Waals surface area contributed by atoms with Crippen molar-refractivity contribution in [2.75, 3.05) is 0 Å². The average molecular weight is 254 g/mol. The molecule has 0 aromatic carbocycles. The first-order valence-electron chi connectivity index (χ1n) is 7.01. The van der Waals surface area contributed by atoms with E-state index in [1.165, 1.54) is 39.5 Å². The molecule has 0 spiro atoms. The third kappa shape index (κ3) is 8.15. The Labute approximate surface area is 110 Å². The second-order valence-corrected chi connectivity index (χ2v) is 5.06. The Bertz CT molecular complexity index is 281. The smallest absolute Gasteiger partial charge is 0.150 e. The van der Waals surface area contributed by atoms with Gasteiger partial charge in [-0.3, -0.25) is 14.4 Å². The number of ketones is 3. The van der Waals surface area contributed by atoms with Crippen molar-refractivity contribution >= 4 is 17.3 Å². The van der Waals surface area contributed by atoms with Gasteiger partial charge in [0.25, 0.3) is 0 Å². The summed E-state index contributed by atoms with van der Waals surface area (Å²) >= 11 is 0. The van der Waals surface area contributed by atoms with Gasteiger partial charge in [0.05, 0.1) is 12.3 Å². The molecule has 3 heteroatoms. The van der Waals surface area contributed by atoms with Crippen molar-refractivity contribution in [2.45, 2.75) is 72.1 Å². The summed E-state index contributed by atoms with van der Waals surface area (Å²) in [5.41, 5.74) is 0. The zero-order chi connectivity index (χ0) is 14.0. The predicted octanol–water partition coefficient (Wildman–Crippen LogP) is 3.49. The summed E-state index contributed by atoms with van der Waals surface area (Å²) in [6, 6.07) is 0. The lowest BCUT2D eigenvalue weighted by Crippen LogP contribution is -2.23. The van der Waals surface area contributed by atoms with E-state index in [-0.39, 0.29) is 23.8 Å². The number of unbranched alkanes of at least 4 members (excludes halogenated alkanes) is 5. The molecule has 0 bridgehead atoms. The van der Waals surface area contributed by atoms with Crippen LogP contribution in [0.4, 0.5) is 0 Å². The van der Waals surface area contributed by atoms with Crippen LogP contribution in [0.2, 0.25) is 0 Å². The highest BCUT2D eigenvalue weighted by Gasteiger charge is 2.23. The molecule has 0 aromatic heterocycles. The van der Waals surface area contributed by atoms with Crippen LogP contribution in [0.15, 0.2) is 0 Å². The summed E-state index contributed by atoms with van der Waals surface area (Å²) in [5.74, 6) is -1.02. The molecule has 0 aromatic rings. The molecule has 1 atom stereocenters. The highest BCUT2D eigenvalue weighted by molar-refractivity contribution is 6.08.